The molecule has 4 aromatic rings. The van der Waals surface area contributed by atoms with E-state index in [1.165, 1.54) is 0 Å². The second kappa shape index (κ2) is 8.68. The number of hydrogen-bond donors (Lipinski definition) is 2. The minimum atomic E-state index is -0.930. The number of carbonyl (C=O) groups excluding carboxylic acids is 2. The quantitative estimate of drug-likeness (QED) is 0.266. The molecule has 0 atom stereocenters. The molecule has 1 aliphatic rings. The van der Waals surface area contributed by atoms with Crippen molar-refractivity contribution in [3.05, 3.63) is 100 Å². The number of nitrogens with one attached hydrogen (secondary N) is 1. The first-order chi connectivity index (χ1) is 17.1. The van der Waals surface area contributed by atoms with Crippen LogP contribution in [-0.2, 0) is 0 Å². The van der Waals surface area contributed by atoms with Crippen molar-refractivity contribution >= 4 is 60.7 Å². The number of aromatic amines is 1. The molecule has 180 valence electrons. The average molecular weight is 612 g/mol. The van der Waals surface area contributed by atoms with Crippen molar-refractivity contribution in [3.8, 4) is 11.6 Å². The van der Waals surface area contributed by atoms with E-state index < -0.39 is 34.5 Å². The smallest absolute Gasteiger partial charge is 0.335 e. The number of hydrazone groups is 1. The summed E-state index contributed by atoms with van der Waals surface area (Å²) in [4.78, 5) is 53.6. The van der Waals surface area contributed by atoms with Crippen LogP contribution in [0.1, 0.15) is 37.4 Å². The Hall–Kier alpha value is -3.83. The lowest BCUT2D eigenvalue weighted by molar-refractivity contribution is 0.0616. The number of imide groups is 1. The molecule has 2 heterocycles. The fourth-order valence-corrected chi connectivity index (χ4v) is 5.18. The van der Waals surface area contributed by atoms with Gasteiger partial charge < -0.3 is 5.11 Å². The monoisotopic (exact) mass is 610 g/mol. The number of aromatic hydroxyl groups is 1. The zero-order chi connectivity index (χ0) is 25.9. The third-order valence-electron chi connectivity index (χ3n) is 6.06. The van der Waals surface area contributed by atoms with Crippen LogP contribution < -0.4 is 11.2 Å². The molecule has 2 amide bonds. The van der Waals surface area contributed by atoms with Crippen LogP contribution in [0.25, 0.3) is 16.5 Å². The Kier molecular flexibility index (Phi) is 5.76. The van der Waals surface area contributed by atoms with Gasteiger partial charge >= 0.3 is 5.69 Å². The van der Waals surface area contributed by atoms with Crippen molar-refractivity contribution in [3.63, 3.8) is 0 Å². The van der Waals surface area contributed by atoms with Crippen LogP contribution >= 0.6 is 31.9 Å². The number of amides is 2. The summed E-state index contributed by atoms with van der Waals surface area (Å²) in [6.45, 7) is 3.73. The molecule has 0 aliphatic carbocycles. The molecule has 11 heteroatoms. The van der Waals surface area contributed by atoms with Gasteiger partial charge in [-0.25, -0.2) is 9.36 Å². The minimum absolute atomic E-state index is 0.266. The molecular weight excluding hydrogens is 596 g/mol. The summed E-state index contributed by atoms with van der Waals surface area (Å²) in [6.07, 6.45) is 0.888. The summed E-state index contributed by atoms with van der Waals surface area (Å²) in [5, 5.41) is 16.7. The van der Waals surface area contributed by atoms with Crippen molar-refractivity contribution in [2.45, 2.75) is 13.8 Å². The Balaban J connectivity index is 1.63. The predicted molar refractivity (Wildman–Crippen MR) is 141 cm³/mol. The lowest BCUT2D eigenvalue weighted by Gasteiger charge is -2.23. The molecule has 0 bridgehead atoms. The van der Waals surface area contributed by atoms with Gasteiger partial charge in [0, 0.05) is 14.3 Å². The maximum atomic E-state index is 13.1. The number of carbonyl (C=O) groups is 2. The highest BCUT2D eigenvalue weighted by Crippen LogP contribution is 2.34. The molecule has 3 aromatic carbocycles. The number of nitrogens with zero attached hydrogens (tertiary/aromatic N) is 3. The zero-order valence-electron chi connectivity index (χ0n) is 18.8. The van der Waals surface area contributed by atoms with E-state index in [0.29, 0.717) is 25.9 Å². The molecule has 0 unspecified atom stereocenters. The van der Waals surface area contributed by atoms with E-state index in [1.54, 1.807) is 42.5 Å². The van der Waals surface area contributed by atoms with Crippen LogP contribution in [0.4, 0.5) is 0 Å². The van der Waals surface area contributed by atoms with Gasteiger partial charge in [-0.2, -0.15) is 10.1 Å². The third kappa shape index (κ3) is 3.62. The van der Waals surface area contributed by atoms with Crippen molar-refractivity contribution in [1.82, 2.24) is 14.6 Å². The van der Waals surface area contributed by atoms with Gasteiger partial charge in [0.2, 0.25) is 5.88 Å². The van der Waals surface area contributed by atoms with Crippen LogP contribution in [0, 0.1) is 13.8 Å². The molecule has 36 heavy (non-hydrogen) atoms. The summed E-state index contributed by atoms with van der Waals surface area (Å²) in [7, 11) is 0. The molecule has 0 radical (unpaired) electrons. The highest BCUT2D eigenvalue weighted by molar-refractivity contribution is 9.11. The summed E-state index contributed by atoms with van der Waals surface area (Å²) in [5.74, 6) is -2.07. The number of benzene rings is 3. The van der Waals surface area contributed by atoms with E-state index in [2.05, 4.69) is 41.9 Å². The van der Waals surface area contributed by atoms with Crippen molar-refractivity contribution in [2.24, 2.45) is 5.10 Å². The first-order valence-electron chi connectivity index (χ1n) is 10.6. The van der Waals surface area contributed by atoms with E-state index in [-0.39, 0.29) is 11.1 Å². The van der Waals surface area contributed by atoms with E-state index in [1.807, 2.05) is 13.8 Å². The maximum absolute atomic E-state index is 13.1. The second-order valence-corrected chi connectivity index (χ2v) is 9.92. The predicted octanol–water partition coefficient (Wildman–Crippen LogP) is 4.16. The standard InChI is InChI=1S/C25H16Br2N4O5/c1-11-8-18(27)19(9-12(11)2)30-22(33)16(21(32)29-25(30)36)10-28-31-23(34)14-5-3-4-13-17(26)7-6-15(20(13)14)24(31)35/h3-10,33H,1-2H3,(H,29,32,36). The number of halogens is 2. The van der Waals surface area contributed by atoms with Crippen LogP contribution in [0.2, 0.25) is 0 Å². The van der Waals surface area contributed by atoms with Crippen LogP contribution in [0.15, 0.2) is 66.1 Å². The highest BCUT2D eigenvalue weighted by atomic mass is 79.9. The highest BCUT2D eigenvalue weighted by Gasteiger charge is 2.33. The van der Waals surface area contributed by atoms with Gasteiger partial charge in [0.15, 0.2) is 0 Å². The number of aromatic nitrogens is 2. The fourth-order valence-electron chi connectivity index (χ4n) is 4.08. The Bertz CT molecular complexity index is 1770. The van der Waals surface area contributed by atoms with Gasteiger partial charge in [-0.3, -0.25) is 19.4 Å². The molecule has 1 aromatic heterocycles. The molecule has 0 spiro atoms. The van der Waals surface area contributed by atoms with Crippen molar-refractivity contribution < 1.29 is 14.7 Å². The van der Waals surface area contributed by atoms with E-state index >= 15 is 0 Å². The molecule has 0 saturated carbocycles. The van der Waals surface area contributed by atoms with Crippen LogP contribution in [0.5, 0.6) is 5.88 Å². The first kappa shape index (κ1) is 23.9. The summed E-state index contributed by atoms with van der Waals surface area (Å²) < 4.78 is 2.15. The van der Waals surface area contributed by atoms with Crippen LogP contribution in [0.3, 0.4) is 0 Å². The number of aryl methyl sites for hydroxylation is 2. The molecule has 2 N–H and O–H groups in total. The largest absolute Gasteiger partial charge is 0.493 e. The van der Waals surface area contributed by atoms with E-state index in [9.17, 15) is 24.3 Å². The summed E-state index contributed by atoms with van der Waals surface area (Å²) in [6, 6.07) is 11.8. The van der Waals surface area contributed by atoms with E-state index in [0.717, 1.165) is 26.4 Å². The minimum Gasteiger partial charge on any atom is -0.493 e. The summed E-state index contributed by atoms with van der Waals surface area (Å²) >= 11 is 6.82. The van der Waals surface area contributed by atoms with Crippen molar-refractivity contribution in [2.75, 3.05) is 0 Å². The molecule has 0 fully saturated rings. The lowest BCUT2D eigenvalue weighted by atomic mass is 9.95. The Morgan fingerprint density at radius 1 is 0.917 bits per heavy atom. The first-order valence-corrected chi connectivity index (χ1v) is 12.2. The Labute approximate surface area is 219 Å². The third-order valence-corrected chi connectivity index (χ3v) is 7.39. The second-order valence-electron chi connectivity index (χ2n) is 8.21. The van der Waals surface area contributed by atoms with Gasteiger partial charge in [-0.15, -0.1) is 0 Å². The van der Waals surface area contributed by atoms with Crippen LogP contribution in [-0.4, -0.2) is 37.7 Å². The number of H-pyrrole nitrogens is 1. The van der Waals surface area contributed by atoms with Gasteiger partial charge in [-0.05, 0) is 76.6 Å². The molecular formula is C25H16Br2N4O5. The van der Waals surface area contributed by atoms with Gasteiger partial charge in [0.1, 0.15) is 5.56 Å². The van der Waals surface area contributed by atoms with Gasteiger partial charge in [0.25, 0.3) is 17.4 Å². The van der Waals surface area contributed by atoms with Gasteiger partial charge in [-0.1, -0.05) is 28.1 Å². The summed E-state index contributed by atoms with van der Waals surface area (Å²) in [5.41, 5.74) is 0.433. The average Bonchev–Trinajstić information content (AvgIpc) is 2.83. The Morgan fingerprint density at radius 2 is 1.58 bits per heavy atom. The molecule has 5 rings (SSSR count). The zero-order valence-corrected chi connectivity index (χ0v) is 22.0. The Morgan fingerprint density at radius 3 is 2.31 bits per heavy atom. The molecule has 9 nitrogen and oxygen atoms in total. The lowest BCUT2D eigenvalue weighted by Crippen LogP contribution is -2.37. The fraction of sp³-hybridized carbons (Fsp3) is 0.0800. The topological polar surface area (TPSA) is 125 Å². The SMILES string of the molecule is Cc1cc(Br)c(-n2c(O)c(C=NN3C(=O)c4cccc5c(Br)ccc(c45)C3=O)c(=O)[nH]c2=O)cc1C. The molecule has 0 saturated heterocycles. The van der Waals surface area contributed by atoms with E-state index in [4.69, 9.17) is 0 Å². The number of hydrogen-bond acceptors (Lipinski definition) is 6. The number of rotatable bonds is 3. The van der Waals surface area contributed by atoms with Gasteiger partial charge in [0.05, 0.1) is 23.0 Å². The normalized spacial score (nSPS) is 13.3. The van der Waals surface area contributed by atoms with Crippen molar-refractivity contribution in [1.29, 1.82) is 0 Å². The maximum Gasteiger partial charge on any atom is 0.335 e. The molecule has 1 aliphatic heterocycles.